The zero-order valence-corrected chi connectivity index (χ0v) is 12.8. The topological polar surface area (TPSA) is 66.9 Å². The number of hydrogen-bond donors (Lipinski definition) is 0. The first kappa shape index (κ1) is 17.5. The van der Waals surface area contributed by atoms with Crippen molar-refractivity contribution in [3.8, 4) is 0 Å². The molecule has 0 N–H and O–H groups in total. The van der Waals surface area contributed by atoms with Gasteiger partial charge in [-0.25, -0.2) is 13.6 Å². The van der Waals surface area contributed by atoms with Gasteiger partial charge in [0.05, 0.1) is 7.11 Å². The Bertz CT molecular complexity index is 634. The fraction of sp³-hybridized carbons (Fsp3) is 0.417. The average Bonchev–Trinajstić information content (AvgIpc) is 2.42. The number of halogens is 2. The smallest absolute Gasteiger partial charge is 0.328 e. The predicted molar refractivity (Wildman–Crippen MR) is 71.5 cm³/mol. The van der Waals surface area contributed by atoms with Gasteiger partial charge >= 0.3 is 5.97 Å². The van der Waals surface area contributed by atoms with Gasteiger partial charge in [0.25, 0.3) is 10.2 Å². The molecular weight excluding hydrogens is 306 g/mol. The van der Waals surface area contributed by atoms with Crippen LogP contribution in [0.5, 0.6) is 0 Å². The van der Waals surface area contributed by atoms with Gasteiger partial charge in [-0.1, -0.05) is 0 Å². The summed E-state index contributed by atoms with van der Waals surface area (Å²) in [5.74, 6) is -2.73. The summed E-state index contributed by atoms with van der Waals surface area (Å²) in [5, 5.41) is 0. The Hall–Kier alpha value is -1.58. The summed E-state index contributed by atoms with van der Waals surface area (Å²) in [6.07, 6.45) is 0. The number of hydrogen-bond acceptors (Lipinski definition) is 4. The molecule has 9 heteroatoms. The van der Waals surface area contributed by atoms with E-state index in [1.807, 2.05) is 0 Å². The Morgan fingerprint density at radius 2 is 1.81 bits per heavy atom. The summed E-state index contributed by atoms with van der Waals surface area (Å²) in [6, 6.07) is 0.821. The minimum absolute atomic E-state index is 0.422. The second-order valence-electron chi connectivity index (χ2n) is 4.40. The van der Waals surface area contributed by atoms with Crippen molar-refractivity contribution in [3.05, 3.63) is 35.4 Å². The van der Waals surface area contributed by atoms with E-state index in [1.165, 1.54) is 14.1 Å². The molecule has 0 saturated carbocycles. The molecule has 1 atom stereocenters. The Balaban J connectivity index is 3.44. The zero-order chi connectivity index (χ0) is 16.4. The highest BCUT2D eigenvalue weighted by molar-refractivity contribution is 7.86. The molecule has 1 rings (SSSR count). The maximum atomic E-state index is 13.9. The molecule has 21 heavy (non-hydrogen) atoms. The molecule has 0 fully saturated rings. The molecule has 1 aromatic carbocycles. The lowest BCUT2D eigenvalue weighted by Gasteiger charge is -2.28. The molecule has 0 saturated heterocycles. The van der Waals surface area contributed by atoms with E-state index in [-0.39, 0.29) is 0 Å². The molecule has 0 unspecified atom stereocenters. The number of likely N-dealkylation sites (N-methyl/N-ethyl adjacent to an activating group) is 1. The quantitative estimate of drug-likeness (QED) is 0.756. The van der Waals surface area contributed by atoms with Crippen LogP contribution in [-0.4, -0.2) is 51.3 Å². The number of carbonyl (C=O) groups excluding carboxylic acids is 1. The molecule has 0 amide bonds. The van der Waals surface area contributed by atoms with Crippen molar-refractivity contribution in [2.45, 2.75) is 6.04 Å². The van der Waals surface area contributed by atoms with Gasteiger partial charge in [-0.15, -0.1) is 0 Å². The number of ether oxygens (including phenoxy) is 1. The van der Waals surface area contributed by atoms with Crippen molar-refractivity contribution in [3.63, 3.8) is 0 Å². The Kier molecular flexibility index (Phi) is 5.37. The maximum Gasteiger partial charge on any atom is 0.328 e. The molecule has 0 aliphatic carbocycles. The first-order chi connectivity index (χ1) is 9.62. The SMILES string of the molecule is COC(=O)[C@H](c1cc(F)ccc1F)N(C)S(=O)(=O)N(C)C. The number of rotatable bonds is 5. The molecule has 6 nitrogen and oxygen atoms in total. The second-order valence-corrected chi connectivity index (χ2v) is 6.60. The van der Waals surface area contributed by atoms with Crippen molar-refractivity contribution >= 4 is 16.2 Å². The van der Waals surface area contributed by atoms with E-state index in [0.29, 0.717) is 4.31 Å². The van der Waals surface area contributed by atoms with E-state index in [9.17, 15) is 22.0 Å². The highest BCUT2D eigenvalue weighted by atomic mass is 32.2. The van der Waals surface area contributed by atoms with Crippen molar-refractivity contribution in [2.24, 2.45) is 0 Å². The molecule has 0 bridgehead atoms. The summed E-state index contributed by atoms with van der Waals surface area (Å²) in [7, 11) is 0.587. The second kappa shape index (κ2) is 6.46. The number of nitrogens with zero attached hydrogens (tertiary/aromatic N) is 2. The third-order valence-electron chi connectivity index (χ3n) is 2.87. The Labute approximate surface area is 122 Å². The molecule has 118 valence electrons. The van der Waals surface area contributed by atoms with Crippen LogP contribution >= 0.6 is 0 Å². The summed E-state index contributed by atoms with van der Waals surface area (Å²) in [6.45, 7) is 0. The standard InChI is InChI=1S/C12H16F2N2O4S/c1-15(2)21(18,19)16(3)11(12(17)20-4)9-7-8(13)5-6-10(9)14/h5-7,11H,1-4H3/t11-/m0/s1. The monoisotopic (exact) mass is 322 g/mol. The first-order valence-corrected chi connectivity index (χ1v) is 7.21. The number of methoxy groups -OCH3 is 1. The van der Waals surface area contributed by atoms with E-state index < -0.39 is 39.4 Å². The minimum Gasteiger partial charge on any atom is -0.468 e. The number of benzene rings is 1. The van der Waals surface area contributed by atoms with Crippen LogP contribution in [0.4, 0.5) is 8.78 Å². The van der Waals surface area contributed by atoms with Crippen molar-refractivity contribution in [1.82, 2.24) is 8.61 Å². The van der Waals surface area contributed by atoms with Crippen molar-refractivity contribution in [1.29, 1.82) is 0 Å². The molecule has 0 aliphatic rings. The van der Waals surface area contributed by atoms with E-state index in [1.54, 1.807) is 0 Å². The fourth-order valence-electron chi connectivity index (χ4n) is 1.70. The van der Waals surface area contributed by atoms with E-state index in [4.69, 9.17) is 0 Å². The largest absolute Gasteiger partial charge is 0.468 e. The highest BCUT2D eigenvalue weighted by Gasteiger charge is 2.37. The lowest BCUT2D eigenvalue weighted by atomic mass is 10.1. The van der Waals surface area contributed by atoms with Crippen LogP contribution < -0.4 is 0 Å². The van der Waals surface area contributed by atoms with E-state index >= 15 is 0 Å². The lowest BCUT2D eigenvalue weighted by molar-refractivity contribution is -0.145. The third-order valence-corrected chi connectivity index (χ3v) is 4.73. The Morgan fingerprint density at radius 1 is 1.24 bits per heavy atom. The van der Waals surface area contributed by atoms with Gasteiger partial charge in [-0.05, 0) is 18.2 Å². The predicted octanol–water partition coefficient (Wildman–Crippen LogP) is 0.917. The molecule has 0 aliphatic heterocycles. The van der Waals surface area contributed by atoms with Crippen molar-refractivity contribution < 1.29 is 26.7 Å². The van der Waals surface area contributed by atoms with Gasteiger partial charge in [-0.2, -0.15) is 17.0 Å². The zero-order valence-electron chi connectivity index (χ0n) is 12.0. The van der Waals surface area contributed by atoms with Crippen LogP contribution in [-0.2, 0) is 19.7 Å². The third kappa shape index (κ3) is 3.55. The van der Waals surface area contributed by atoms with Crippen molar-refractivity contribution in [2.75, 3.05) is 28.3 Å². The molecular formula is C12H16F2N2O4S. The molecule has 0 heterocycles. The first-order valence-electron chi connectivity index (χ1n) is 5.81. The van der Waals surface area contributed by atoms with Gasteiger partial charge in [-0.3, -0.25) is 0 Å². The molecule has 1 aromatic rings. The number of esters is 1. The van der Waals surface area contributed by atoms with Crippen LogP contribution in [0.3, 0.4) is 0 Å². The maximum absolute atomic E-state index is 13.9. The molecule has 0 spiro atoms. The van der Waals surface area contributed by atoms with Gasteiger partial charge < -0.3 is 4.74 Å². The normalized spacial score (nSPS) is 13.5. The van der Waals surface area contributed by atoms with Crippen LogP contribution in [0.15, 0.2) is 18.2 Å². The Morgan fingerprint density at radius 3 is 2.29 bits per heavy atom. The minimum atomic E-state index is -4.03. The lowest BCUT2D eigenvalue weighted by Crippen LogP contribution is -2.43. The van der Waals surface area contributed by atoms with Crippen LogP contribution in [0.1, 0.15) is 11.6 Å². The van der Waals surface area contributed by atoms with Crippen LogP contribution in [0.2, 0.25) is 0 Å². The summed E-state index contributed by atoms with van der Waals surface area (Å²) >= 11 is 0. The van der Waals surface area contributed by atoms with Gasteiger partial charge in [0, 0.05) is 26.7 Å². The summed E-state index contributed by atoms with van der Waals surface area (Å²) < 4.78 is 57.3. The van der Waals surface area contributed by atoms with E-state index in [2.05, 4.69) is 4.74 Å². The van der Waals surface area contributed by atoms with Crippen LogP contribution in [0.25, 0.3) is 0 Å². The molecule has 0 aromatic heterocycles. The van der Waals surface area contributed by atoms with E-state index in [0.717, 1.165) is 36.7 Å². The summed E-state index contributed by atoms with van der Waals surface area (Å²) in [5.41, 5.74) is -0.422. The average molecular weight is 322 g/mol. The molecule has 0 radical (unpaired) electrons. The van der Waals surface area contributed by atoms with Gasteiger partial charge in [0.2, 0.25) is 0 Å². The van der Waals surface area contributed by atoms with Gasteiger partial charge in [0.1, 0.15) is 11.6 Å². The fourth-order valence-corrected chi connectivity index (χ4v) is 2.68. The number of carbonyl (C=O) groups is 1. The summed E-state index contributed by atoms with van der Waals surface area (Å²) in [4.78, 5) is 11.9. The highest BCUT2D eigenvalue weighted by Crippen LogP contribution is 2.27. The van der Waals surface area contributed by atoms with Crippen LogP contribution in [0, 0.1) is 11.6 Å². The van der Waals surface area contributed by atoms with Gasteiger partial charge in [0.15, 0.2) is 6.04 Å².